The lowest BCUT2D eigenvalue weighted by Gasteiger charge is -2.63. The molecule has 4 aliphatic carbocycles. The fourth-order valence-corrected chi connectivity index (χ4v) is 7.69. The molecule has 5 aliphatic rings. The van der Waals surface area contributed by atoms with Crippen LogP contribution in [0.15, 0.2) is 12.1 Å². The second kappa shape index (κ2) is 5.53. The van der Waals surface area contributed by atoms with E-state index < -0.39 is 0 Å². The fraction of sp³-hybridized carbons (Fsp3) is 0.714. The summed E-state index contributed by atoms with van der Waals surface area (Å²) in [6, 6.07) is 4.82. The molecular formula is C21H28ClNO2. The zero-order chi connectivity index (χ0) is 17.2. The average Bonchev–Trinajstić information content (AvgIpc) is 2.57. The summed E-state index contributed by atoms with van der Waals surface area (Å²) in [6.45, 7) is 1.04. The van der Waals surface area contributed by atoms with Crippen molar-refractivity contribution in [3.05, 3.63) is 23.3 Å². The number of rotatable bonds is 3. The van der Waals surface area contributed by atoms with Crippen LogP contribution < -0.4 is 14.8 Å². The first-order valence-corrected chi connectivity index (χ1v) is 10.1. The molecule has 1 aromatic carbocycles. The van der Waals surface area contributed by atoms with Crippen LogP contribution in [0.25, 0.3) is 0 Å². The number of ether oxygens (including phenoxy) is 2. The lowest BCUT2D eigenvalue weighted by Crippen LogP contribution is -2.58. The van der Waals surface area contributed by atoms with Gasteiger partial charge in [0.1, 0.15) is 0 Å². The summed E-state index contributed by atoms with van der Waals surface area (Å²) in [5, 5.41) is 3.88. The Bertz CT molecular complexity index is 689. The Morgan fingerprint density at radius 3 is 2.36 bits per heavy atom. The average molecular weight is 362 g/mol. The van der Waals surface area contributed by atoms with Crippen LogP contribution >= 0.6 is 11.6 Å². The lowest BCUT2D eigenvalue weighted by molar-refractivity contribution is -0.0647. The van der Waals surface area contributed by atoms with Crippen molar-refractivity contribution in [2.24, 2.45) is 17.3 Å². The van der Waals surface area contributed by atoms with Gasteiger partial charge in [-0.15, -0.1) is 11.6 Å². The minimum absolute atomic E-state index is 0.0555. The molecule has 4 bridgehead atoms. The SMILES string of the molecule is COc1cc2c(cc1OC)[C@H](C13C[C@@H]4C[C@H](CC(Cl)(C4)C1)C3)NCC2. The molecule has 0 radical (unpaired) electrons. The van der Waals surface area contributed by atoms with Crippen molar-refractivity contribution in [3.8, 4) is 11.5 Å². The van der Waals surface area contributed by atoms with Crippen molar-refractivity contribution >= 4 is 11.6 Å². The smallest absolute Gasteiger partial charge is 0.161 e. The summed E-state index contributed by atoms with van der Waals surface area (Å²) in [5.41, 5.74) is 3.16. The van der Waals surface area contributed by atoms with Crippen molar-refractivity contribution < 1.29 is 9.47 Å². The number of hydrogen-bond acceptors (Lipinski definition) is 3. The first kappa shape index (κ1) is 16.3. The molecule has 4 saturated carbocycles. The van der Waals surface area contributed by atoms with Gasteiger partial charge in [-0.2, -0.15) is 0 Å². The van der Waals surface area contributed by atoms with Crippen LogP contribution in [0.1, 0.15) is 55.7 Å². The molecule has 3 nitrogen and oxygen atoms in total. The summed E-state index contributed by atoms with van der Waals surface area (Å²) in [7, 11) is 3.45. The van der Waals surface area contributed by atoms with Crippen molar-refractivity contribution in [3.63, 3.8) is 0 Å². The van der Waals surface area contributed by atoms with Crippen LogP contribution in [-0.4, -0.2) is 25.6 Å². The molecule has 1 aromatic rings. The third kappa shape index (κ3) is 2.42. The predicted molar refractivity (Wildman–Crippen MR) is 99.7 cm³/mol. The van der Waals surface area contributed by atoms with Crippen molar-refractivity contribution in [2.75, 3.05) is 20.8 Å². The second-order valence-corrected chi connectivity index (χ2v) is 9.82. The van der Waals surface area contributed by atoms with E-state index in [0.29, 0.717) is 11.5 Å². The predicted octanol–water partition coefficient (Wildman–Crippen LogP) is 4.47. The van der Waals surface area contributed by atoms with Crippen molar-refractivity contribution in [1.82, 2.24) is 5.32 Å². The number of alkyl halides is 1. The van der Waals surface area contributed by atoms with E-state index in [9.17, 15) is 0 Å². The van der Waals surface area contributed by atoms with Gasteiger partial charge in [-0.3, -0.25) is 0 Å². The van der Waals surface area contributed by atoms with Gasteiger partial charge in [-0.05, 0) is 92.0 Å². The topological polar surface area (TPSA) is 30.5 Å². The van der Waals surface area contributed by atoms with Gasteiger partial charge >= 0.3 is 0 Å². The molecular weight excluding hydrogens is 334 g/mol. The van der Waals surface area contributed by atoms with Gasteiger partial charge in [0, 0.05) is 10.9 Å². The first-order chi connectivity index (χ1) is 12.0. The zero-order valence-electron chi connectivity index (χ0n) is 15.2. The number of benzene rings is 1. The Morgan fingerprint density at radius 1 is 1.04 bits per heavy atom. The highest BCUT2D eigenvalue weighted by molar-refractivity contribution is 6.24. The fourth-order valence-electron chi connectivity index (χ4n) is 6.99. The van der Waals surface area contributed by atoms with Crippen LogP contribution in [-0.2, 0) is 6.42 Å². The van der Waals surface area contributed by atoms with Gasteiger partial charge in [0.25, 0.3) is 0 Å². The molecule has 136 valence electrons. The standard InChI is InChI=1S/C21H28ClNO2/c1-24-17-6-15-3-4-23-19(16(15)7-18(17)25-2)20-8-13-5-14(9-20)11-21(22,10-13)12-20/h6-7,13-14,19,23H,3-5,8-12H2,1-2H3/t13-,14-,19+,20?,21?/m0/s1. The van der Waals surface area contributed by atoms with Gasteiger partial charge in [0.15, 0.2) is 11.5 Å². The van der Waals surface area contributed by atoms with E-state index in [2.05, 4.69) is 17.4 Å². The maximum Gasteiger partial charge on any atom is 0.161 e. The molecule has 25 heavy (non-hydrogen) atoms. The van der Waals surface area contributed by atoms with E-state index in [0.717, 1.165) is 36.3 Å². The molecule has 0 saturated heterocycles. The summed E-state index contributed by atoms with van der Waals surface area (Å²) >= 11 is 7.10. The molecule has 0 amide bonds. The number of halogens is 1. The first-order valence-electron chi connectivity index (χ1n) is 9.71. The summed E-state index contributed by atoms with van der Waals surface area (Å²) in [4.78, 5) is 0.0555. The van der Waals surface area contributed by atoms with Crippen LogP contribution in [0.2, 0.25) is 0 Å². The maximum atomic E-state index is 7.10. The molecule has 3 atom stereocenters. The third-order valence-electron chi connectivity index (χ3n) is 7.35. The lowest BCUT2D eigenvalue weighted by atomic mass is 9.46. The van der Waals surface area contributed by atoms with Crippen LogP contribution in [0.3, 0.4) is 0 Å². The van der Waals surface area contributed by atoms with Gasteiger partial charge in [0.2, 0.25) is 0 Å². The van der Waals surface area contributed by atoms with E-state index in [1.807, 2.05) is 0 Å². The Balaban J connectivity index is 1.58. The molecule has 1 aliphatic heterocycles. The van der Waals surface area contributed by atoms with E-state index in [4.69, 9.17) is 21.1 Å². The van der Waals surface area contributed by atoms with Gasteiger partial charge in [0.05, 0.1) is 14.2 Å². The maximum absolute atomic E-state index is 7.10. The minimum Gasteiger partial charge on any atom is -0.493 e. The third-order valence-corrected chi connectivity index (χ3v) is 7.79. The molecule has 0 aromatic heterocycles. The number of methoxy groups -OCH3 is 2. The molecule has 4 heteroatoms. The molecule has 0 unspecified atom stereocenters. The van der Waals surface area contributed by atoms with E-state index in [1.54, 1.807) is 14.2 Å². The summed E-state index contributed by atoms with van der Waals surface area (Å²) in [5.74, 6) is 3.35. The van der Waals surface area contributed by atoms with E-state index in [-0.39, 0.29) is 4.87 Å². The number of nitrogens with one attached hydrogen (secondary N) is 1. The number of hydrogen-bond donors (Lipinski definition) is 1. The molecule has 6 rings (SSSR count). The Labute approximate surface area is 155 Å². The highest BCUT2D eigenvalue weighted by Gasteiger charge is 2.60. The monoisotopic (exact) mass is 361 g/mol. The highest BCUT2D eigenvalue weighted by Crippen LogP contribution is 2.67. The summed E-state index contributed by atoms with van der Waals surface area (Å²) < 4.78 is 11.1. The van der Waals surface area contributed by atoms with Crippen molar-refractivity contribution in [2.45, 2.75) is 55.9 Å². The molecule has 1 N–H and O–H groups in total. The quantitative estimate of drug-likeness (QED) is 0.806. The Kier molecular flexibility index (Phi) is 3.60. The molecule has 4 fully saturated rings. The highest BCUT2D eigenvalue weighted by atomic mass is 35.5. The Hall–Kier alpha value is -0.930. The largest absolute Gasteiger partial charge is 0.493 e. The van der Waals surface area contributed by atoms with Gasteiger partial charge in [-0.25, -0.2) is 0 Å². The van der Waals surface area contributed by atoms with Crippen LogP contribution in [0.5, 0.6) is 11.5 Å². The zero-order valence-corrected chi connectivity index (χ0v) is 16.0. The Morgan fingerprint density at radius 2 is 1.72 bits per heavy atom. The normalized spacial score (nSPS) is 41.5. The van der Waals surface area contributed by atoms with Gasteiger partial charge in [-0.1, -0.05) is 0 Å². The molecule has 1 heterocycles. The molecule has 0 spiro atoms. The van der Waals surface area contributed by atoms with E-state index >= 15 is 0 Å². The van der Waals surface area contributed by atoms with Gasteiger partial charge < -0.3 is 14.8 Å². The summed E-state index contributed by atoms with van der Waals surface area (Å²) in [6.07, 6.45) is 8.77. The number of fused-ring (bicyclic) bond motifs is 1. The minimum atomic E-state index is 0.0555. The second-order valence-electron chi connectivity index (χ2n) is 9.02. The van der Waals surface area contributed by atoms with Crippen LogP contribution in [0, 0.1) is 17.3 Å². The van der Waals surface area contributed by atoms with E-state index in [1.165, 1.54) is 49.7 Å². The van der Waals surface area contributed by atoms with Crippen LogP contribution in [0.4, 0.5) is 0 Å². The van der Waals surface area contributed by atoms with Crippen molar-refractivity contribution in [1.29, 1.82) is 0 Å².